The van der Waals surface area contributed by atoms with E-state index < -0.39 is 0 Å². The highest BCUT2D eigenvalue weighted by Gasteiger charge is 2.21. The zero-order valence-electron chi connectivity index (χ0n) is 15.1. The quantitative estimate of drug-likeness (QED) is 0.714. The number of anilines is 1. The van der Waals surface area contributed by atoms with E-state index in [4.69, 9.17) is 4.74 Å². The number of piperazine rings is 1. The molecule has 0 bridgehead atoms. The Bertz CT molecular complexity index is 571. The van der Waals surface area contributed by atoms with Crippen LogP contribution < -0.4 is 20.3 Å². The number of methoxy groups -OCH3 is 1. The maximum absolute atomic E-state index is 12.0. The highest BCUT2D eigenvalue weighted by molar-refractivity contribution is 5.85. The number of nitrogens with zero attached hydrogens (tertiary/aromatic N) is 2. The Kier molecular flexibility index (Phi) is 7.53. The lowest BCUT2D eigenvalue weighted by Gasteiger charge is -2.36. The van der Waals surface area contributed by atoms with Crippen LogP contribution >= 0.6 is 0 Å². The van der Waals surface area contributed by atoms with Crippen LogP contribution in [0.1, 0.15) is 13.3 Å². The first-order valence-electron chi connectivity index (χ1n) is 8.77. The Morgan fingerprint density at radius 1 is 1.08 bits per heavy atom. The van der Waals surface area contributed by atoms with Gasteiger partial charge in [-0.1, -0.05) is 19.1 Å². The van der Waals surface area contributed by atoms with E-state index in [1.165, 1.54) is 0 Å². The van der Waals surface area contributed by atoms with E-state index in [0.717, 1.165) is 44.0 Å². The molecule has 0 unspecified atom stereocenters. The molecule has 0 spiro atoms. The van der Waals surface area contributed by atoms with Gasteiger partial charge in [-0.25, -0.2) is 0 Å². The Balaban J connectivity index is 1.73. The van der Waals surface area contributed by atoms with Gasteiger partial charge in [0, 0.05) is 32.7 Å². The largest absolute Gasteiger partial charge is 0.495 e. The molecule has 1 aromatic carbocycles. The molecule has 0 aromatic heterocycles. The summed E-state index contributed by atoms with van der Waals surface area (Å²) in [7, 11) is 1.68. The van der Waals surface area contributed by atoms with Gasteiger partial charge < -0.3 is 20.3 Å². The molecule has 1 aromatic rings. The number of hydrogen-bond acceptors (Lipinski definition) is 5. The number of ether oxygens (including phenoxy) is 1. The highest BCUT2D eigenvalue weighted by Crippen LogP contribution is 2.28. The van der Waals surface area contributed by atoms with Crippen molar-refractivity contribution in [3.05, 3.63) is 24.3 Å². The summed E-state index contributed by atoms with van der Waals surface area (Å²) in [5.74, 6) is 0.611. The molecule has 1 saturated heterocycles. The third-order valence-electron chi connectivity index (χ3n) is 4.18. The molecule has 2 N–H and O–H groups in total. The predicted molar refractivity (Wildman–Crippen MR) is 98.0 cm³/mol. The SMILES string of the molecule is CCCNC(=O)CNC(=O)CN1CCN(c2ccccc2OC)CC1. The van der Waals surface area contributed by atoms with Gasteiger partial charge in [0.1, 0.15) is 5.75 Å². The van der Waals surface area contributed by atoms with Gasteiger partial charge in [0.15, 0.2) is 0 Å². The molecule has 0 aliphatic carbocycles. The summed E-state index contributed by atoms with van der Waals surface area (Å²) >= 11 is 0. The van der Waals surface area contributed by atoms with Crippen LogP contribution in [0.15, 0.2) is 24.3 Å². The van der Waals surface area contributed by atoms with Gasteiger partial charge in [-0.3, -0.25) is 14.5 Å². The van der Waals surface area contributed by atoms with E-state index in [0.29, 0.717) is 13.1 Å². The molecule has 7 heteroatoms. The van der Waals surface area contributed by atoms with Crippen LogP contribution in [0.2, 0.25) is 0 Å². The lowest BCUT2D eigenvalue weighted by Crippen LogP contribution is -2.50. The van der Waals surface area contributed by atoms with Crippen molar-refractivity contribution in [2.24, 2.45) is 0 Å². The van der Waals surface area contributed by atoms with Crippen LogP contribution in [0, 0.1) is 0 Å². The zero-order valence-corrected chi connectivity index (χ0v) is 15.1. The van der Waals surface area contributed by atoms with Crippen LogP contribution in [0.5, 0.6) is 5.75 Å². The van der Waals surface area contributed by atoms with Crippen LogP contribution in [0.25, 0.3) is 0 Å². The number of nitrogens with one attached hydrogen (secondary N) is 2. The van der Waals surface area contributed by atoms with Crippen LogP contribution in [-0.4, -0.2) is 69.6 Å². The number of rotatable bonds is 8. The summed E-state index contributed by atoms with van der Waals surface area (Å²) < 4.78 is 5.41. The molecule has 2 amide bonds. The van der Waals surface area contributed by atoms with Crippen LogP contribution in [0.3, 0.4) is 0 Å². The van der Waals surface area contributed by atoms with Crippen LogP contribution in [-0.2, 0) is 9.59 Å². The van der Waals surface area contributed by atoms with E-state index >= 15 is 0 Å². The number of amides is 2. The molecule has 138 valence electrons. The molecule has 0 radical (unpaired) electrons. The second-order valence-corrected chi connectivity index (χ2v) is 6.06. The molecule has 1 aliphatic rings. The minimum atomic E-state index is -0.142. The van der Waals surface area contributed by atoms with Crippen molar-refractivity contribution in [1.82, 2.24) is 15.5 Å². The van der Waals surface area contributed by atoms with E-state index in [1.54, 1.807) is 7.11 Å². The monoisotopic (exact) mass is 348 g/mol. The maximum Gasteiger partial charge on any atom is 0.239 e. The summed E-state index contributed by atoms with van der Waals surface area (Å²) in [6.45, 7) is 6.26. The molecule has 1 fully saturated rings. The summed E-state index contributed by atoms with van der Waals surface area (Å²) in [5.41, 5.74) is 1.08. The molecular weight excluding hydrogens is 320 g/mol. The first kappa shape index (κ1) is 19.1. The van der Waals surface area contributed by atoms with Crippen molar-refractivity contribution in [3.63, 3.8) is 0 Å². The van der Waals surface area contributed by atoms with Gasteiger partial charge in [0.25, 0.3) is 0 Å². The zero-order chi connectivity index (χ0) is 18.1. The smallest absolute Gasteiger partial charge is 0.239 e. The van der Waals surface area contributed by atoms with Gasteiger partial charge in [-0.15, -0.1) is 0 Å². The number of benzene rings is 1. The van der Waals surface area contributed by atoms with E-state index in [9.17, 15) is 9.59 Å². The summed E-state index contributed by atoms with van der Waals surface area (Å²) in [6, 6.07) is 7.97. The molecule has 2 rings (SSSR count). The first-order valence-corrected chi connectivity index (χ1v) is 8.77. The number of carbonyl (C=O) groups excluding carboxylic acids is 2. The molecule has 1 aliphatic heterocycles. The van der Waals surface area contributed by atoms with E-state index in [-0.39, 0.29) is 18.4 Å². The average molecular weight is 348 g/mol. The normalized spacial score (nSPS) is 14.9. The molecule has 0 atom stereocenters. The Morgan fingerprint density at radius 3 is 2.48 bits per heavy atom. The standard InChI is InChI=1S/C18H28N4O3/c1-3-8-19-17(23)13-20-18(24)14-21-9-11-22(12-10-21)15-6-4-5-7-16(15)25-2/h4-7H,3,8-14H2,1-2H3,(H,19,23)(H,20,24). The topological polar surface area (TPSA) is 73.9 Å². The van der Waals surface area contributed by atoms with Crippen molar-refractivity contribution < 1.29 is 14.3 Å². The molecule has 0 saturated carbocycles. The van der Waals surface area contributed by atoms with Gasteiger partial charge >= 0.3 is 0 Å². The van der Waals surface area contributed by atoms with E-state index in [2.05, 4.69) is 26.5 Å². The summed E-state index contributed by atoms with van der Waals surface area (Å²) in [6.07, 6.45) is 0.885. The Morgan fingerprint density at radius 2 is 1.80 bits per heavy atom. The molecule has 25 heavy (non-hydrogen) atoms. The summed E-state index contributed by atoms with van der Waals surface area (Å²) in [4.78, 5) is 27.8. The lowest BCUT2D eigenvalue weighted by molar-refractivity contribution is -0.126. The Labute approximate surface area is 149 Å². The minimum absolute atomic E-state index is 0.0417. The minimum Gasteiger partial charge on any atom is -0.495 e. The Hall–Kier alpha value is -2.28. The first-order chi connectivity index (χ1) is 12.1. The second-order valence-electron chi connectivity index (χ2n) is 6.06. The second kappa shape index (κ2) is 9.88. The van der Waals surface area contributed by atoms with Crippen molar-refractivity contribution in [2.45, 2.75) is 13.3 Å². The van der Waals surface area contributed by atoms with Crippen molar-refractivity contribution >= 4 is 17.5 Å². The average Bonchev–Trinajstić information content (AvgIpc) is 2.65. The highest BCUT2D eigenvalue weighted by atomic mass is 16.5. The maximum atomic E-state index is 12.0. The molecule has 7 nitrogen and oxygen atoms in total. The number of carbonyl (C=O) groups is 2. The fourth-order valence-electron chi connectivity index (χ4n) is 2.80. The predicted octanol–water partition coefficient (Wildman–Crippen LogP) is 0.460. The van der Waals surface area contributed by atoms with Crippen molar-refractivity contribution in [3.8, 4) is 5.75 Å². The molecule has 1 heterocycles. The third kappa shape index (κ3) is 5.94. The van der Waals surface area contributed by atoms with Gasteiger partial charge in [0.2, 0.25) is 11.8 Å². The number of para-hydroxylation sites is 2. The van der Waals surface area contributed by atoms with E-state index in [1.807, 2.05) is 25.1 Å². The van der Waals surface area contributed by atoms with Gasteiger partial charge in [0.05, 0.1) is 25.9 Å². The fraction of sp³-hybridized carbons (Fsp3) is 0.556. The molecular formula is C18H28N4O3. The van der Waals surface area contributed by atoms with Crippen molar-refractivity contribution in [2.75, 3.05) is 57.8 Å². The van der Waals surface area contributed by atoms with Crippen molar-refractivity contribution in [1.29, 1.82) is 0 Å². The van der Waals surface area contributed by atoms with Gasteiger partial charge in [-0.2, -0.15) is 0 Å². The fourth-order valence-corrected chi connectivity index (χ4v) is 2.80. The lowest BCUT2D eigenvalue weighted by atomic mass is 10.2. The summed E-state index contributed by atoms with van der Waals surface area (Å²) in [5, 5.41) is 5.41. The third-order valence-corrected chi connectivity index (χ3v) is 4.18. The number of hydrogen-bond donors (Lipinski definition) is 2. The van der Waals surface area contributed by atoms with Crippen LogP contribution in [0.4, 0.5) is 5.69 Å². The van der Waals surface area contributed by atoms with Gasteiger partial charge in [-0.05, 0) is 18.6 Å².